The Morgan fingerprint density at radius 2 is 2.29 bits per heavy atom. The van der Waals surface area contributed by atoms with Gasteiger partial charge >= 0.3 is 0 Å². The Balaban J connectivity index is 2.06. The van der Waals surface area contributed by atoms with Gasteiger partial charge in [0.25, 0.3) is 0 Å². The van der Waals surface area contributed by atoms with Crippen molar-refractivity contribution in [1.82, 2.24) is 4.90 Å². The molecule has 2 unspecified atom stereocenters. The Morgan fingerprint density at radius 3 is 3.00 bits per heavy atom. The summed E-state index contributed by atoms with van der Waals surface area (Å²) in [5, 5.41) is 12.4. The lowest BCUT2D eigenvalue weighted by atomic mass is 10.0. The van der Waals surface area contributed by atoms with E-state index in [1.54, 1.807) is 6.07 Å². The van der Waals surface area contributed by atoms with Gasteiger partial charge in [-0.2, -0.15) is 0 Å². The zero-order valence-electron chi connectivity index (χ0n) is 12.8. The third-order valence-corrected chi connectivity index (χ3v) is 4.28. The van der Waals surface area contributed by atoms with Gasteiger partial charge in [-0.1, -0.05) is 12.5 Å². The molecule has 0 spiro atoms. The molecule has 1 aliphatic heterocycles. The Morgan fingerprint density at radius 1 is 1.52 bits per heavy atom. The number of hydrogen-bond acceptors (Lipinski definition) is 4. The molecule has 0 saturated carbocycles. The second kappa shape index (κ2) is 6.91. The average Bonchev–Trinajstić information content (AvgIpc) is 2.50. The van der Waals surface area contributed by atoms with Crippen molar-refractivity contribution in [3.8, 4) is 0 Å². The van der Waals surface area contributed by atoms with Gasteiger partial charge in [-0.05, 0) is 50.9 Å². The fourth-order valence-corrected chi connectivity index (χ4v) is 2.89. The summed E-state index contributed by atoms with van der Waals surface area (Å²) >= 11 is 0. The largest absolute Gasteiger partial charge is 0.399 e. The van der Waals surface area contributed by atoms with Crippen LogP contribution in [-0.4, -0.2) is 41.1 Å². The van der Waals surface area contributed by atoms with Gasteiger partial charge in [0.05, 0.1) is 12.6 Å². The molecule has 0 bridgehead atoms. The van der Waals surface area contributed by atoms with E-state index in [-0.39, 0.29) is 24.6 Å². The van der Waals surface area contributed by atoms with E-state index in [2.05, 4.69) is 10.2 Å². The Kier molecular flexibility index (Phi) is 5.20. The molecule has 116 valence electrons. The molecule has 0 radical (unpaired) electrons. The van der Waals surface area contributed by atoms with Gasteiger partial charge in [-0.3, -0.25) is 9.69 Å². The molecular formula is C16H25N3O2. The lowest BCUT2D eigenvalue weighted by molar-refractivity contribution is -0.122. The number of aliphatic hydroxyl groups excluding tert-OH is 1. The molecule has 1 heterocycles. The number of aliphatic hydroxyl groups is 1. The van der Waals surface area contributed by atoms with Crippen LogP contribution in [0.5, 0.6) is 0 Å². The molecule has 1 aromatic rings. The molecule has 2 rings (SSSR count). The first-order valence-electron chi connectivity index (χ1n) is 7.56. The third-order valence-electron chi connectivity index (χ3n) is 4.28. The van der Waals surface area contributed by atoms with Gasteiger partial charge in [-0.25, -0.2) is 0 Å². The van der Waals surface area contributed by atoms with Crippen molar-refractivity contribution in [3.05, 3.63) is 23.8 Å². The first-order valence-corrected chi connectivity index (χ1v) is 7.56. The number of piperidine rings is 1. The molecule has 1 aliphatic rings. The number of amides is 1. The number of nitrogen functional groups attached to an aromatic ring is 1. The van der Waals surface area contributed by atoms with Crippen LogP contribution < -0.4 is 11.1 Å². The van der Waals surface area contributed by atoms with Crippen molar-refractivity contribution in [2.24, 2.45) is 0 Å². The van der Waals surface area contributed by atoms with E-state index in [1.165, 1.54) is 0 Å². The maximum atomic E-state index is 12.5. The van der Waals surface area contributed by atoms with Gasteiger partial charge in [0.1, 0.15) is 0 Å². The van der Waals surface area contributed by atoms with Crippen LogP contribution in [0.2, 0.25) is 0 Å². The Labute approximate surface area is 126 Å². The smallest absolute Gasteiger partial charge is 0.241 e. The average molecular weight is 291 g/mol. The van der Waals surface area contributed by atoms with Crippen LogP contribution in [0.1, 0.15) is 31.7 Å². The SMILES string of the molecule is Cc1ccc(N)cc1NC(=O)C(C)N1CCCCC1CO. The fraction of sp³-hybridized carbons (Fsp3) is 0.562. The topological polar surface area (TPSA) is 78.6 Å². The molecule has 2 atom stereocenters. The monoisotopic (exact) mass is 291 g/mol. The van der Waals surface area contributed by atoms with Crippen LogP contribution >= 0.6 is 0 Å². The number of hydrogen-bond donors (Lipinski definition) is 3. The molecule has 4 N–H and O–H groups in total. The summed E-state index contributed by atoms with van der Waals surface area (Å²) in [7, 11) is 0. The predicted octanol–water partition coefficient (Wildman–Crippen LogP) is 1.75. The number of nitrogens with zero attached hydrogens (tertiary/aromatic N) is 1. The number of carbonyl (C=O) groups excluding carboxylic acids is 1. The predicted molar refractivity (Wildman–Crippen MR) is 85.1 cm³/mol. The summed E-state index contributed by atoms with van der Waals surface area (Å²) in [4.78, 5) is 14.6. The number of likely N-dealkylation sites (tertiary alicyclic amines) is 1. The summed E-state index contributed by atoms with van der Waals surface area (Å²) in [5.74, 6) is -0.0518. The van der Waals surface area contributed by atoms with E-state index in [0.717, 1.165) is 37.1 Å². The minimum Gasteiger partial charge on any atom is -0.399 e. The molecule has 5 nitrogen and oxygen atoms in total. The molecule has 0 aliphatic carbocycles. The normalized spacial score (nSPS) is 21.0. The highest BCUT2D eigenvalue weighted by atomic mass is 16.3. The van der Waals surface area contributed by atoms with Gasteiger partial charge in [-0.15, -0.1) is 0 Å². The van der Waals surface area contributed by atoms with E-state index in [4.69, 9.17) is 5.73 Å². The number of rotatable bonds is 4. The molecule has 21 heavy (non-hydrogen) atoms. The summed E-state index contributed by atoms with van der Waals surface area (Å²) < 4.78 is 0. The van der Waals surface area contributed by atoms with E-state index in [0.29, 0.717) is 5.69 Å². The summed E-state index contributed by atoms with van der Waals surface area (Å²) in [5.41, 5.74) is 8.15. The molecule has 1 fully saturated rings. The first-order chi connectivity index (χ1) is 10.0. The molecule has 5 heteroatoms. The second-order valence-electron chi connectivity index (χ2n) is 5.81. The van der Waals surface area contributed by atoms with E-state index in [9.17, 15) is 9.90 Å². The van der Waals surface area contributed by atoms with Crippen molar-refractivity contribution in [1.29, 1.82) is 0 Å². The van der Waals surface area contributed by atoms with E-state index < -0.39 is 0 Å². The van der Waals surface area contributed by atoms with Crippen LogP contribution in [0.3, 0.4) is 0 Å². The van der Waals surface area contributed by atoms with Crippen molar-refractivity contribution < 1.29 is 9.90 Å². The van der Waals surface area contributed by atoms with Gasteiger partial charge in [0.2, 0.25) is 5.91 Å². The van der Waals surface area contributed by atoms with Crippen LogP contribution in [-0.2, 0) is 4.79 Å². The highest BCUT2D eigenvalue weighted by molar-refractivity contribution is 5.95. The third kappa shape index (κ3) is 3.74. The Hall–Kier alpha value is -1.59. The summed E-state index contributed by atoms with van der Waals surface area (Å²) in [6, 6.07) is 5.32. The summed E-state index contributed by atoms with van der Waals surface area (Å²) in [6.45, 7) is 4.80. The van der Waals surface area contributed by atoms with Gasteiger partial charge in [0, 0.05) is 17.4 Å². The molecule has 0 aromatic heterocycles. The summed E-state index contributed by atoms with van der Waals surface area (Å²) in [6.07, 6.45) is 3.14. The lowest BCUT2D eigenvalue weighted by Gasteiger charge is -2.38. The van der Waals surface area contributed by atoms with Crippen molar-refractivity contribution in [3.63, 3.8) is 0 Å². The zero-order chi connectivity index (χ0) is 15.4. The van der Waals surface area contributed by atoms with Crippen molar-refractivity contribution in [2.75, 3.05) is 24.2 Å². The fourth-order valence-electron chi connectivity index (χ4n) is 2.89. The molecule has 1 saturated heterocycles. The standard InChI is InChI=1S/C16H25N3O2/c1-11-6-7-13(17)9-15(11)18-16(21)12(2)19-8-4-3-5-14(19)10-20/h6-7,9,12,14,20H,3-5,8,10,17H2,1-2H3,(H,18,21). The van der Waals surface area contributed by atoms with Crippen LogP contribution in [0.4, 0.5) is 11.4 Å². The zero-order valence-corrected chi connectivity index (χ0v) is 12.8. The quantitative estimate of drug-likeness (QED) is 0.739. The van der Waals surface area contributed by atoms with Gasteiger partial charge in [0.15, 0.2) is 0 Å². The van der Waals surface area contributed by atoms with Gasteiger partial charge < -0.3 is 16.2 Å². The number of carbonyl (C=O) groups is 1. The van der Waals surface area contributed by atoms with Crippen LogP contribution in [0, 0.1) is 6.92 Å². The number of anilines is 2. The van der Waals surface area contributed by atoms with Crippen molar-refractivity contribution >= 4 is 17.3 Å². The number of nitrogens with one attached hydrogen (secondary N) is 1. The minimum absolute atomic E-state index is 0.0518. The lowest BCUT2D eigenvalue weighted by Crippen LogP contribution is -2.51. The van der Waals surface area contributed by atoms with Crippen LogP contribution in [0.25, 0.3) is 0 Å². The maximum absolute atomic E-state index is 12.5. The minimum atomic E-state index is -0.261. The van der Waals surface area contributed by atoms with Crippen molar-refractivity contribution in [2.45, 2.75) is 45.2 Å². The number of nitrogens with two attached hydrogens (primary N) is 1. The number of benzene rings is 1. The van der Waals surface area contributed by atoms with E-state index >= 15 is 0 Å². The molecular weight excluding hydrogens is 266 g/mol. The molecule has 1 amide bonds. The van der Waals surface area contributed by atoms with Crippen LogP contribution in [0.15, 0.2) is 18.2 Å². The molecule has 1 aromatic carbocycles. The van der Waals surface area contributed by atoms with E-state index in [1.807, 2.05) is 26.0 Å². The first kappa shape index (κ1) is 15.8. The number of aryl methyl sites for hydroxylation is 1. The Bertz CT molecular complexity index is 504. The highest BCUT2D eigenvalue weighted by Crippen LogP contribution is 2.22. The maximum Gasteiger partial charge on any atom is 0.241 e. The highest BCUT2D eigenvalue weighted by Gasteiger charge is 2.29. The second-order valence-corrected chi connectivity index (χ2v) is 5.81.